The third kappa shape index (κ3) is 3.42. The van der Waals surface area contributed by atoms with Crippen LogP contribution in [-0.4, -0.2) is 50.8 Å². The summed E-state index contributed by atoms with van der Waals surface area (Å²) in [7, 11) is 0.115. The van der Waals surface area contributed by atoms with Crippen molar-refractivity contribution in [1.29, 1.82) is 0 Å². The van der Waals surface area contributed by atoms with Crippen LogP contribution >= 0.6 is 0 Å². The van der Waals surface area contributed by atoms with Crippen molar-refractivity contribution in [3.8, 4) is 0 Å². The molecule has 5 nitrogen and oxygen atoms in total. The molecular formula is C14H22FN3O2S. The van der Waals surface area contributed by atoms with Crippen molar-refractivity contribution in [2.45, 2.75) is 30.3 Å². The third-order valence-electron chi connectivity index (χ3n) is 3.73. The fourth-order valence-electron chi connectivity index (χ4n) is 2.79. The lowest BCUT2D eigenvalue weighted by molar-refractivity contribution is 0.291. The average Bonchev–Trinajstić information content (AvgIpc) is 2.86. The number of nitrogens with zero attached hydrogens (tertiary/aromatic N) is 2. The fraction of sp³-hybridized carbons (Fsp3) is 0.571. The molecule has 118 valence electrons. The molecule has 1 aliphatic rings. The first-order valence-electron chi connectivity index (χ1n) is 7.01. The van der Waals surface area contributed by atoms with E-state index < -0.39 is 15.8 Å². The van der Waals surface area contributed by atoms with Crippen LogP contribution in [0, 0.1) is 5.82 Å². The Kier molecular flexibility index (Phi) is 4.98. The van der Waals surface area contributed by atoms with Gasteiger partial charge in [-0.2, -0.15) is 4.31 Å². The molecule has 0 bridgehead atoms. The molecule has 1 atom stereocenters. The van der Waals surface area contributed by atoms with E-state index in [-0.39, 0.29) is 17.5 Å². The number of likely N-dealkylation sites (N-methyl/N-ethyl adjacent to an activating group) is 1. The highest BCUT2D eigenvalue weighted by Crippen LogP contribution is 2.28. The zero-order chi connectivity index (χ0) is 15.6. The number of sulfonamides is 1. The first-order chi connectivity index (χ1) is 9.86. The standard InChI is InChI=1S/C14H22FN3O2S/c1-17(2)10-13-4-3-7-18(13)21(19,20)14-8-12(15)6-5-11(14)9-16/h5-6,8,13H,3-4,7,9-10,16H2,1-2H3. The van der Waals surface area contributed by atoms with Crippen LogP contribution < -0.4 is 5.73 Å². The van der Waals surface area contributed by atoms with Crippen molar-refractivity contribution in [3.63, 3.8) is 0 Å². The van der Waals surface area contributed by atoms with E-state index in [0.717, 1.165) is 18.9 Å². The van der Waals surface area contributed by atoms with Gasteiger partial charge in [0.2, 0.25) is 10.0 Å². The number of hydrogen-bond acceptors (Lipinski definition) is 4. The number of nitrogens with two attached hydrogens (primary N) is 1. The van der Waals surface area contributed by atoms with E-state index in [0.29, 0.717) is 18.7 Å². The van der Waals surface area contributed by atoms with Crippen molar-refractivity contribution >= 4 is 10.0 Å². The summed E-state index contributed by atoms with van der Waals surface area (Å²) in [5.74, 6) is -0.561. The number of rotatable bonds is 5. The summed E-state index contributed by atoms with van der Waals surface area (Å²) in [6.45, 7) is 1.20. The van der Waals surface area contributed by atoms with E-state index in [9.17, 15) is 12.8 Å². The molecule has 1 aliphatic heterocycles. The predicted octanol–water partition coefficient (Wildman–Crippen LogP) is 0.999. The summed E-state index contributed by atoms with van der Waals surface area (Å²) in [5, 5.41) is 0. The average molecular weight is 315 g/mol. The highest BCUT2D eigenvalue weighted by atomic mass is 32.2. The smallest absolute Gasteiger partial charge is 0.243 e. The number of hydrogen-bond donors (Lipinski definition) is 1. The number of benzene rings is 1. The van der Waals surface area contributed by atoms with Gasteiger partial charge in [0.1, 0.15) is 5.82 Å². The molecule has 0 amide bonds. The van der Waals surface area contributed by atoms with E-state index in [4.69, 9.17) is 5.73 Å². The van der Waals surface area contributed by atoms with Crippen LogP contribution in [0.3, 0.4) is 0 Å². The van der Waals surface area contributed by atoms with Gasteiger partial charge in [0, 0.05) is 25.7 Å². The minimum atomic E-state index is -3.71. The van der Waals surface area contributed by atoms with Crippen LogP contribution in [0.1, 0.15) is 18.4 Å². The Morgan fingerprint density at radius 2 is 2.14 bits per heavy atom. The van der Waals surface area contributed by atoms with E-state index in [1.165, 1.54) is 16.4 Å². The second kappa shape index (κ2) is 6.39. The van der Waals surface area contributed by atoms with Gasteiger partial charge in [-0.15, -0.1) is 0 Å². The van der Waals surface area contributed by atoms with Crippen LogP contribution in [0.5, 0.6) is 0 Å². The van der Waals surface area contributed by atoms with Crippen LogP contribution in [-0.2, 0) is 16.6 Å². The summed E-state index contributed by atoms with van der Waals surface area (Å²) in [6, 6.07) is 3.68. The van der Waals surface area contributed by atoms with Gasteiger partial charge in [-0.05, 0) is 44.6 Å². The number of halogens is 1. The SMILES string of the molecule is CN(C)CC1CCCN1S(=O)(=O)c1cc(F)ccc1CN. The summed E-state index contributed by atoms with van der Waals surface area (Å²) >= 11 is 0. The molecule has 1 unspecified atom stereocenters. The second-order valence-corrected chi connectivity index (χ2v) is 7.49. The van der Waals surface area contributed by atoms with Crippen molar-refractivity contribution in [1.82, 2.24) is 9.21 Å². The van der Waals surface area contributed by atoms with Crippen molar-refractivity contribution in [2.24, 2.45) is 5.73 Å². The predicted molar refractivity (Wildman–Crippen MR) is 79.8 cm³/mol. The summed E-state index contributed by atoms with van der Waals surface area (Å²) in [6.07, 6.45) is 1.65. The molecule has 0 spiro atoms. The summed E-state index contributed by atoms with van der Waals surface area (Å²) in [4.78, 5) is 1.96. The lowest BCUT2D eigenvalue weighted by Gasteiger charge is -2.27. The quantitative estimate of drug-likeness (QED) is 0.880. The Morgan fingerprint density at radius 1 is 1.43 bits per heavy atom. The molecule has 21 heavy (non-hydrogen) atoms. The van der Waals surface area contributed by atoms with Crippen molar-refractivity contribution in [2.75, 3.05) is 27.2 Å². The van der Waals surface area contributed by atoms with E-state index in [2.05, 4.69) is 0 Å². The maximum atomic E-state index is 13.5. The topological polar surface area (TPSA) is 66.6 Å². The van der Waals surface area contributed by atoms with Gasteiger partial charge in [0.25, 0.3) is 0 Å². The Balaban J connectivity index is 2.39. The Labute approximate surface area is 125 Å². The Bertz CT molecular complexity index is 604. The maximum Gasteiger partial charge on any atom is 0.243 e. The van der Waals surface area contributed by atoms with Crippen LogP contribution in [0.4, 0.5) is 4.39 Å². The van der Waals surface area contributed by atoms with Gasteiger partial charge in [0.15, 0.2) is 0 Å². The third-order valence-corrected chi connectivity index (χ3v) is 5.77. The molecule has 1 aromatic carbocycles. The normalized spacial score (nSPS) is 20.3. The highest BCUT2D eigenvalue weighted by Gasteiger charge is 2.36. The lowest BCUT2D eigenvalue weighted by atomic mass is 10.2. The molecule has 0 aromatic heterocycles. The van der Waals surface area contributed by atoms with E-state index in [1.807, 2.05) is 19.0 Å². The van der Waals surface area contributed by atoms with Crippen molar-refractivity contribution < 1.29 is 12.8 Å². The Morgan fingerprint density at radius 3 is 2.76 bits per heavy atom. The largest absolute Gasteiger partial charge is 0.326 e. The zero-order valence-corrected chi connectivity index (χ0v) is 13.2. The molecule has 1 heterocycles. The highest BCUT2D eigenvalue weighted by molar-refractivity contribution is 7.89. The van der Waals surface area contributed by atoms with Gasteiger partial charge >= 0.3 is 0 Å². The summed E-state index contributed by atoms with van der Waals surface area (Å²) < 4.78 is 40.7. The minimum Gasteiger partial charge on any atom is -0.326 e. The molecule has 1 aromatic rings. The van der Waals surface area contributed by atoms with E-state index in [1.54, 1.807) is 0 Å². The fourth-order valence-corrected chi connectivity index (χ4v) is 4.72. The molecule has 7 heteroatoms. The maximum absolute atomic E-state index is 13.5. The minimum absolute atomic E-state index is 0.00402. The van der Waals surface area contributed by atoms with Gasteiger partial charge in [-0.3, -0.25) is 0 Å². The lowest BCUT2D eigenvalue weighted by Crippen LogP contribution is -2.41. The van der Waals surface area contributed by atoms with Crippen LogP contribution in [0.2, 0.25) is 0 Å². The van der Waals surface area contributed by atoms with Gasteiger partial charge in [-0.1, -0.05) is 6.07 Å². The molecular weight excluding hydrogens is 293 g/mol. The first kappa shape index (κ1) is 16.4. The first-order valence-corrected chi connectivity index (χ1v) is 8.45. The molecule has 1 fully saturated rings. The van der Waals surface area contributed by atoms with Gasteiger partial charge in [0.05, 0.1) is 4.90 Å². The van der Waals surface area contributed by atoms with Crippen LogP contribution in [0.25, 0.3) is 0 Å². The second-order valence-electron chi connectivity index (χ2n) is 5.63. The zero-order valence-electron chi connectivity index (χ0n) is 12.4. The van der Waals surface area contributed by atoms with Gasteiger partial charge in [-0.25, -0.2) is 12.8 Å². The molecule has 0 aliphatic carbocycles. The molecule has 1 saturated heterocycles. The Hall–Kier alpha value is -1.02. The van der Waals surface area contributed by atoms with E-state index >= 15 is 0 Å². The van der Waals surface area contributed by atoms with Gasteiger partial charge < -0.3 is 10.6 Å². The molecule has 2 rings (SSSR count). The van der Waals surface area contributed by atoms with Crippen LogP contribution in [0.15, 0.2) is 23.1 Å². The van der Waals surface area contributed by atoms with Crippen molar-refractivity contribution in [3.05, 3.63) is 29.6 Å². The molecule has 2 N–H and O–H groups in total. The molecule has 0 saturated carbocycles. The molecule has 0 radical (unpaired) electrons. The summed E-state index contributed by atoms with van der Waals surface area (Å²) in [5.41, 5.74) is 6.05. The monoisotopic (exact) mass is 315 g/mol.